The molecular weight excluding hydrogens is 513 g/mol. The summed E-state index contributed by atoms with van der Waals surface area (Å²) < 4.78 is 0. The second-order valence-electron chi connectivity index (χ2n) is 7.29. The standard InChI is InChI=1S/C25H16Cl3N3O2S/c26-16-7-5-8-17(13-16)30-23(32)19(14-29)25-31(18-9-2-1-3-10-18)24(33)21(34-25)12-15-6-4-11-20(27)22(15)28/h1-11,13,21H,12H2,(H,30,32)/b25-19+. The van der Waals surface area contributed by atoms with Crippen LogP contribution in [0.1, 0.15) is 5.56 Å². The average Bonchev–Trinajstić information content (AvgIpc) is 3.13. The van der Waals surface area contributed by atoms with Crippen molar-refractivity contribution in [1.82, 2.24) is 0 Å². The van der Waals surface area contributed by atoms with Gasteiger partial charge in [-0.2, -0.15) is 5.26 Å². The summed E-state index contributed by atoms with van der Waals surface area (Å²) in [7, 11) is 0. The molecule has 9 heteroatoms. The lowest BCUT2D eigenvalue weighted by Gasteiger charge is -2.18. The molecule has 0 saturated carbocycles. The average molecular weight is 529 g/mol. The van der Waals surface area contributed by atoms with E-state index in [4.69, 9.17) is 34.8 Å². The lowest BCUT2D eigenvalue weighted by atomic mass is 10.1. The summed E-state index contributed by atoms with van der Waals surface area (Å²) in [5.41, 5.74) is 1.52. The maximum Gasteiger partial charge on any atom is 0.269 e. The van der Waals surface area contributed by atoms with Crippen LogP contribution in [0.15, 0.2) is 83.4 Å². The summed E-state index contributed by atoms with van der Waals surface area (Å²) in [5, 5.41) is 13.5. The summed E-state index contributed by atoms with van der Waals surface area (Å²) in [4.78, 5) is 28.0. The van der Waals surface area contributed by atoms with Crippen LogP contribution in [0.25, 0.3) is 0 Å². The van der Waals surface area contributed by atoms with Crippen molar-refractivity contribution in [3.8, 4) is 6.07 Å². The molecule has 1 aliphatic rings. The van der Waals surface area contributed by atoms with Crippen molar-refractivity contribution in [2.45, 2.75) is 11.7 Å². The molecule has 34 heavy (non-hydrogen) atoms. The van der Waals surface area contributed by atoms with Crippen molar-refractivity contribution in [2.75, 3.05) is 10.2 Å². The minimum absolute atomic E-state index is 0.179. The van der Waals surface area contributed by atoms with Crippen LogP contribution in [-0.4, -0.2) is 17.1 Å². The Morgan fingerprint density at radius 3 is 2.47 bits per heavy atom. The Balaban J connectivity index is 1.73. The molecule has 3 aromatic rings. The zero-order chi connectivity index (χ0) is 24.2. The van der Waals surface area contributed by atoms with E-state index in [1.807, 2.05) is 12.1 Å². The fourth-order valence-electron chi connectivity index (χ4n) is 3.46. The number of nitriles is 1. The SMILES string of the molecule is N#C/C(C(=O)Nc1cccc(Cl)c1)=C1\SC(Cc2cccc(Cl)c2Cl)C(=O)N1c1ccccc1. The van der Waals surface area contributed by atoms with Crippen molar-refractivity contribution in [3.63, 3.8) is 0 Å². The van der Waals surface area contributed by atoms with E-state index in [-0.39, 0.29) is 22.9 Å². The van der Waals surface area contributed by atoms with Crippen LogP contribution >= 0.6 is 46.6 Å². The van der Waals surface area contributed by atoms with Crippen molar-refractivity contribution in [2.24, 2.45) is 0 Å². The molecule has 1 atom stereocenters. The van der Waals surface area contributed by atoms with Gasteiger partial charge in [0.25, 0.3) is 5.91 Å². The van der Waals surface area contributed by atoms with Crippen LogP contribution in [0.3, 0.4) is 0 Å². The quantitative estimate of drug-likeness (QED) is 0.295. The fourth-order valence-corrected chi connectivity index (χ4v) is 5.35. The van der Waals surface area contributed by atoms with E-state index in [1.54, 1.807) is 66.7 Å². The predicted molar refractivity (Wildman–Crippen MR) is 138 cm³/mol. The number of para-hydroxylation sites is 1. The molecule has 2 amide bonds. The highest BCUT2D eigenvalue weighted by molar-refractivity contribution is 8.05. The number of rotatable bonds is 5. The Kier molecular flexibility index (Phi) is 7.50. The molecule has 1 N–H and O–H groups in total. The van der Waals surface area contributed by atoms with Gasteiger partial charge < -0.3 is 5.32 Å². The van der Waals surface area contributed by atoms with Crippen LogP contribution in [-0.2, 0) is 16.0 Å². The number of amides is 2. The van der Waals surface area contributed by atoms with Gasteiger partial charge in [-0.1, -0.05) is 83.0 Å². The van der Waals surface area contributed by atoms with Crippen molar-refractivity contribution >= 4 is 69.8 Å². The third-order valence-corrected chi connectivity index (χ3v) is 7.40. The summed E-state index contributed by atoms with van der Waals surface area (Å²) in [6, 6.07) is 22.7. The molecule has 1 unspecified atom stereocenters. The number of nitrogens with zero attached hydrogens (tertiary/aromatic N) is 2. The summed E-state index contributed by atoms with van der Waals surface area (Å²) in [6.45, 7) is 0. The topological polar surface area (TPSA) is 73.2 Å². The molecule has 1 saturated heterocycles. The van der Waals surface area contributed by atoms with Crippen molar-refractivity contribution in [1.29, 1.82) is 5.26 Å². The minimum atomic E-state index is -0.637. The number of carbonyl (C=O) groups excluding carboxylic acids is 2. The van der Waals surface area contributed by atoms with E-state index in [1.165, 1.54) is 4.90 Å². The Morgan fingerprint density at radius 1 is 1.03 bits per heavy atom. The van der Waals surface area contributed by atoms with E-state index < -0.39 is 11.2 Å². The Labute approximate surface area is 215 Å². The van der Waals surface area contributed by atoms with Gasteiger partial charge >= 0.3 is 0 Å². The number of anilines is 2. The van der Waals surface area contributed by atoms with Gasteiger partial charge in [-0.25, -0.2) is 0 Å². The van der Waals surface area contributed by atoms with Crippen molar-refractivity contribution < 1.29 is 9.59 Å². The molecule has 0 spiro atoms. The fraction of sp³-hybridized carbons (Fsp3) is 0.0800. The molecule has 1 aliphatic heterocycles. The number of halogens is 3. The summed E-state index contributed by atoms with van der Waals surface area (Å²) >= 11 is 19.6. The van der Waals surface area contributed by atoms with Gasteiger partial charge in [-0.15, -0.1) is 0 Å². The van der Waals surface area contributed by atoms with E-state index in [0.717, 1.165) is 11.8 Å². The largest absolute Gasteiger partial charge is 0.321 e. The zero-order valence-corrected chi connectivity index (χ0v) is 20.6. The third-order valence-electron chi connectivity index (χ3n) is 5.04. The number of carbonyl (C=O) groups is 2. The second kappa shape index (κ2) is 10.5. The molecule has 1 fully saturated rings. The maximum absolute atomic E-state index is 13.5. The zero-order valence-electron chi connectivity index (χ0n) is 17.5. The molecule has 0 aromatic heterocycles. The number of thioether (sulfide) groups is 1. The summed E-state index contributed by atoms with van der Waals surface area (Å²) in [5.74, 6) is -0.895. The van der Waals surface area contributed by atoms with E-state index >= 15 is 0 Å². The van der Waals surface area contributed by atoms with Crippen LogP contribution in [0.5, 0.6) is 0 Å². The molecule has 3 aromatic carbocycles. The monoisotopic (exact) mass is 527 g/mol. The van der Waals surface area contributed by atoms with Gasteiger partial charge in [-0.05, 0) is 48.4 Å². The van der Waals surface area contributed by atoms with Gasteiger partial charge in [-0.3, -0.25) is 14.5 Å². The minimum Gasteiger partial charge on any atom is -0.321 e. The Hall–Kier alpha value is -2.95. The third kappa shape index (κ3) is 5.08. The number of nitrogens with one attached hydrogen (secondary N) is 1. The van der Waals surface area contributed by atoms with E-state index in [2.05, 4.69) is 5.32 Å². The molecular formula is C25H16Cl3N3O2S. The van der Waals surface area contributed by atoms with Gasteiger partial charge in [0.2, 0.25) is 5.91 Å². The second-order valence-corrected chi connectivity index (χ2v) is 9.70. The van der Waals surface area contributed by atoms with Gasteiger partial charge in [0.15, 0.2) is 0 Å². The maximum atomic E-state index is 13.5. The molecule has 5 nitrogen and oxygen atoms in total. The summed E-state index contributed by atoms with van der Waals surface area (Å²) in [6.07, 6.45) is 0.282. The number of benzene rings is 3. The molecule has 0 bridgehead atoms. The van der Waals surface area contributed by atoms with Gasteiger partial charge in [0.05, 0.1) is 15.3 Å². The number of hydrogen-bond donors (Lipinski definition) is 1. The Morgan fingerprint density at radius 2 is 1.76 bits per heavy atom. The molecule has 170 valence electrons. The van der Waals surface area contributed by atoms with E-state index in [0.29, 0.717) is 32.0 Å². The molecule has 0 radical (unpaired) electrons. The first-order valence-corrected chi connectivity index (χ1v) is 12.1. The van der Waals surface area contributed by atoms with Crippen LogP contribution in [0.4, 0.5) is 11.4 Å². The molecule has 4 rings (SSSR count). The lowest BCUT2D eigenvalue weighted by molar-refractivity contribution is -0.117. The molecule has 0 aliphatic carbocycles. The Bertz CT molecular complexity index is 1340. The van der Waals surface area contributed by atoms with Gasteiger partial charge in [0, 0.05) is 16.4 Å². The van der Waals surface area contributed by atoms with Crippen molar-refractivity contribution in [3.05, 3.63) is 104 Å². The first kappa shape index (κ1) is 24.2. The van der Waals surface area contributed by atoms with Crippen LogP contribution in [0.2, 0.25) is 15.1 Å². The predicted octanol–water partition coefficient (Wildman–Crippen LogP) is 6.71. The van der Waals surface area contributed by atoms with Crippen LogP contribution < -0.4 is 10.2 Å². The molecule has 1 heterocycles. The lowest BCUT2D eigenvalue weighted by Crippen LogP contribution is -2.30. The van der Waals surface area contributed by atoms with E-state index in [9.17, 15) is 14.9 Å². The highest BCUT2D eigenvalue weighted by Gasteiger charge is 2.41. The first-order valence-electron chi connectivity index (χ1n) is 10.1. The highest BCUT2D eigenvalue weighted by Crippen LogP contribution is 2.43. The van der Waals surface area contributed by atoms with Crippen LogP contribution in [0, 0.1) is 11.3 Å². The first-order chi connectivity index (χ1) is 16.4. The smallest absolute Gasteiger partial charge is 0.269 e. The number of hydrogen-bond acceptors (Lipinski definition) is 4. The normalized spacial score (nSPS) is 16.8. The van der Waals surface area contributed by atoms with Gasteiger partial charge in [0.1, 0.15) is 16.7 Å². The highest BCUT2D eigenvalue weighted by atomic mass is 35.5.